The first kappa shape index (κ1) is 32.7. The Labute approximate surface area is 250 Å². The summed E-state index contributed by atoms with van der Waals surface area (Å²) in [6.45, 7) is 7.29. The zero-order valence-corrected chi connectivity index (χ0v) is 25.9. The maximum Gasteiger partial charge on any atom is 0.243 e. The van der Waals surface area contributed by atoms with Crippen molar-refractivity contribution >= 4 is 27.5 Å². The fourth-order valence-electron chi connectivity index (χ4n) is 4.81. The van der Waals surface area contributed by atoms with Crippen molar-refractivity contribution in [3.63, 3.8) is 0 Å². The van der Waals surface area contributed by atoms with Gasteiger partial charge in [-0.15, -0.1) is 0 Å². The Balaban J connectivity index is 1.85. The number of hydrogen-bond acceptors (Lipinski definition) is 5. The SMILES string of the molecule is CCCNC(=O)[C@@H](Cc1ccccc1)N(Cc1cccc(C)c1)C(=O)CCCN(c1ccc(OCC)cc1)S(C)(=O)=O. The number of ether oxygens (including phenoxy) is 1. The Bertz CT molecular complexity index is 1390. The van der Waals surface area contributed by atoms with E-state index in [9.17, 15) is 18.0 Å². The van der Waals surface area contributed by atoms with E-state index < -0.39 is 16.1 Å². The number of rotatable bonds is 16. The highest BCUT2D eigenvalue weighted by Crippen LogP contribution is 2.23. The third-order valence-corrected chi connectivity index (χ3v) is 8.04. The summed E-state index contributed by atoms with van der Waals surface area (Å²) in [6, 6.07) is 23.7. The summed E-state index contributed by atoms with van der Waals surface area (Å²) < 4.78 is 32.1. The fourth-order valence-corrected chi connectivity index (χ4v) is 5.77. The third kappa shape index (κ3) is 9.91. The molecular weight excluding hydrogens is 550 g/mol. The molecule has 3 aromatic carbocycles. The largest absolute Gasteiger partial charge is 0.494 e. The lowest BCUT2D eigenvalue weighted by molar-refractivity contribution is -0.141. The van der Waals surface area contributed by atoms with Crippen molar-refractivity contribution in [2.24, 2.45) is 0 Å². The van der Waals surface area contributed by atoms with E-state index >= 15 is 0 Å². The normalized spacial score (nSPS) is 11.9. The summed E-state index contributed by atoms with van der Waals surface area (Å²) >= 11 is 0. The number of carbonyl (C=O) groups is 2. The van der Waals surface area contributed by atoms with Crippen LogP contribution >= 0.6 is 0 Å². The number of aryl methyl sites for hydroxylation is 1. The fraction of sp³-hybridized carbons (Fsp3) is 0.394. The van der Waals surface area contributed by atoms with Crippen LogP contribution < -0.4 is 14.4 Å². The molecule has 8 nitrogen and oxygen atoms in total. The lowest BCUT2D eigenvalue weighted by Gasteiger charge is -2.32. The maximum atomic E-state index is 13.9. The van der Waals surface area contributed by atoms with Gasteiger partial charge >= 0.3 is 0 Å². The van der Waals surface area contributed by atoms with E-state index in [1.807, 2.05) is 75.4 Å². The first-order valence-corrected chi connectivity index (χ1v) is 16.3. The quantitative estimate of drug-likeness (QED) is 0.249. The van der Waals surface area contributed by atoms with E-state index in [0.717, 1.165) is 29.4 Å². The second kappa shape index (κ2) is 16.0. The van der Waals surface area contributed by atoms with Crippen molar-refractivity contribution in [3.8, 4) is 5.75 Å². The van der Waals surface area contributed by atoms with Gasteiger partial charge in [-0.3, -0.25) is 13.9 Å². The van der Waals surface area contributed by atoms with Gasteiger partial charge in [0.2, 0.25) is 21.8 Å². The highest BCUT2D eigenvalue weighted by Gasteiger charge is 2.30. The van der Waals surface area contributed by atoms with Crippen molar-refractivity contribution in [1.29, 1.82) is 0 Å². The molecule has 0 aliphatic rings. The molecule has 42 heavy (non-hydrogen) atoms. The van der Waals surface area contributed by atoms with Gasteiger partial charge in [0.1, 0.15) is 11.8 Å². The van der Waals surface area contributed by atoms with Gasteiger partial charge in [-0.25, -0.2) is 8.42 Å². The Kier molecular flexibility index (Phi) is 12.4. The molecule has 0 bridgehead atoms. The summed E-state index contributed by atoms with van der Waals surface area (Å²) in [5, 5.41) is 2.98. The molecule has 3 rings (SSSR count). The van der Waals surface area contributed by atoms with Crippen molar-refractivity contribution in [2.75, 3.05) is 30.3 Å². The second-order valence-electron chi connectivity index (χ2n) is 10.4. The summed E-state index contributed by atoms with van der Waals surface area (Å²) in [4.78, 5) is 29.0. The molecular formula is C33H43N3O5S. The van der Waals surface area contributed by atoms with Gasteiger partial charge in [-0.05, 0) is 62.1 Å². The van der Waals surface area contributed by atoms with E-state index in [-0.39, 0.29) is 37.7 Å². The van der Waals surface area contributed by atoms with Gasteiger partial charge in [0, 0.05) is 32.5 Å². The number of hydrogen-bond donors (Lipinski definition) is 1. The third-order valence-electron chi connectivity index (χ3n) is 6.84. The molecule has 0 spiro atoms. The highest BCUT2D eigenvalue weighted by molar-refractivity contribution is 7.92. The van der Waals surface area contributed by atoms with Gasteiger partial charge in [-0.1, -0.05) is 67.1 Å². The van der Waals surface area contributed by atoms with Gasteiger partial charge < -0.3 is 15.0 Å². The molecule has 0 fully saturated rings. The monoisotopic (exact) mass is 593 g/mol. The standard InChI is InChI=1S/C33H43N3O5S/c1-5-21-34-33(38)31(24-27-13-8-7-9-14-27)35(25-28-15-10-12-26(3)23-28)32(37)16-11-22-36(42(4,39)40)29-17-19-30(20-18-29)41-6-2/h7-10,12-15,17-20,23,31H,5-6,11,16,21-22,24-25H2,1-4H3,(H,34,38)/t31-/m1/s1. The molecule has 3 aromatic rings. The summed E-state index contributed by atoms with van der Waals surface area (Å²) in [5.74, 6) is 0.251. The minimum absolute atomic E-state index is 0.0845. The Hall–Kier alpha value is -3.85. The van der Waals surface area contributed by atoms with Crippen LogP contribution in [0.1, 0.15) is 49.8 Å². The average molecular weight is 594 g/mol. The smallest absolute Gasteiger partial charge is 0.243 e. The summed E-state index contributed by atoms with van der Waals surface area (Å²) in [6.07, 6.45) is 2.68. The summed E-state index contributed by atoms with van der Waals surface area (Å²) in [5.41, 5.74) is 3.45. The molecule has 0 aliphatic heterocycles. The Morgan fingerprint density at radius 2 is 1.62 bits per heavy atom. The number of carbonyl (C=O) groups excluding carboxylic acids is 2. The molecule has 2 amide bonds. The molecule has 0 aliphatic carbocycles. The van der Waals surface area contributed by atoms with E-state index in [1.54, 1.807) is 29.2 Å². The van der Waals surface area contributed by atoms with Crippen molar-refractivity contribution < 1.29 is 22.7 Å². The predicted octanol–water partition coefficient (Wildman–Crippen LogP) is 5.11. The molecule has 0 aromatic heterocycles. The average Bonchev–Trinajstić information content (AvgIpc) is 2.96. The van der Waals surface area contributed by atoms with Gasteiger partial charge in [0.05, 0.1) is 18.6 Å². The van der Waals surface area contributed by atoms with E-state index in [0.29, 0.717) is 31.0 Å². The van der Waals surface area contributed by atoms with E-state index in [2.05, 4.69) is 5.32 Å². The van der Waals surface area contributed by atoms with Crippen LogP contribution in [0.15, 0.2) is 78.9 Å². The van der Waals surface area contributed by atoms with Crippen LogP contribution in [0.4, 0.5) is 5.69 Å². The molecule has 9 heteroatoms. The molecule has 0 saturated heterocycles. The number of amides is 2. The lowest BCUT2D eigenvalue weighted by atomic mass is 10.0. The minimum atomic E-state index is -3.59. The summed E-state index contributed by atoms with van der Waals surface area (Å²) in [7, 11) is -3.59. The molecule has 1 N–H and O–H groups in total. The van der Waals surface area contributed by atoms with E-state index in [4.69, 9.17) is 4.74 Å². The lowest BCUT2D eigenvalue weighted by Crippen LogP contribution is -2.50. The van der Waals surface area contributed by atoms with Gasteiger partial charge in [0.15, 0.2) is 0 Å². The molecule has 0 radical (unpaired) electrons. The van der Waals surface area contributed by atoms with Crippen LogP contribution in [0.25, 0.3) is 0 Å². The number of benzene rings is 3. The first-order chi connectivity index (χ1) is 20.1. The minimum Gasteiger partial charge on any atom is -0.494 e. The van der Waals surface area contributed by atoms with Crippen LogP contribution in [0.5, 0.6) is 5.75 Å². The second-order valence-corrected chi connectivity index (χ2v) is 12.3. The highest BCUT2D eigenvalue weighted by atomic mass is 32.2. The van der Waals surface area contributed by atoms with Crippen LogP contribution in [0.2, 0.25) is 0 Å². The molecule has 0 unspecified atom stereocenters. The number of nitrogens with one attached hydrogen (secondary N) is 1. The van der Waals surface area contributed by atoms with Crippen molar-refractivity contribution in [1.82, 2.24) is 10.2 Å². The number of sulfonamides is 1. The first-order valence-electron chi connectivity index (χ1n) is 14.5. The predicted molar refractivity (Wildman–Crippen MR) is 168 cm³/mol. The van der Waals surface area contributed by atoms with Crippen LogP contribution in [-0.4, -0.2) is 57.1 Å². The van der Waals surface area contributed by atoms with Gasteiger partial charge in [-0.2, -0.15) is 0 Å². The van der Waals surface area contributed by atoms with E-state index in [1.165, 1.54) is 4.31 Å². The van der Waals surface area contributed by atoms with Crippen molar-refractivity contribution in [3.05, 3.63) is 95.6 Å². The molecule has 0 saturated carbocycles. The maximum absolute atomic E-state index is 13.9. The topological polar surface area (TPSA) is 96.0 Å². The zero-order valence-electron chi connectivity index (χ0n) is 25.1. The molecule has 0 heterocycles. The van der Waals surface area contributed by atoms with Crippen LogP contribution in [0.3, 0.4) is 0 Å². The van der Waals surface area contributed by atoms with Crippen molar-refractivity contribution in [2.45, 2.75) is 59.0 Å². The number of anilines is 1. The van der Waals surface area contributed by atoms with Gasteiger partial charge in [0.25, 0.3) is 0 Å². The van der Waals surface area contributed by atoms with Crippen LogP contribution in [0, 0.1) is 6.92 Å². The zero-order chi connectivity index (χ0) is 30.5. The molecule has 1 atom stereocenters. The van der Waals surface area contributed by atoms with Crippen LogP contribution in [-0.2, 0) is 32.6 Å². The number of nitrogens with zero attached hydrogens (tertiary/aromatic N) is 2. The Morgan fingerprint density at radius 3 is 2.24 bits per heavy atom. The molecule has 226 valence electrons. The Morgan fingerprint density at radius 1 is 0.929 bits per heavy atom.